The lowest BCUT2D eigenvalue weighted by Gasteiger charge is -2.18. The molecule has 0 rings (SSSR count). The smallest absolute Gasteiger partial charge is 0.306 e. The lowest BCUT2D eigenvalue weighted by molar-refractivity contribution is -0.167. The van der Waals surface area contributed by atoms with Gasteiger partial charge in [0.1, 0.15) is 13.2 Å². The van der Waals surface area contributed by atoms with Gasteiger partial charge in [0, 0.05) is 19.3 Å². The Kier molecular flexibility index (Phi) is 69.1. The number of hydrogen-bond acceptors (Lipinski definition) is 6. The van der Waals surface area contributed by atoms with Crippen LogP contribution in [0.3, 0.4) is 0 Å². The topological polar surface area (TPSA) is 78.9 Å². The van der Waals surface area contributed by atoms with Gasteiger partial charge in [0.2, 0.25) is 0 Å². The Labute approximate surface area is 512 Å². The fraction of sp³-hybridized carbons (Fsp3) is 0.882. The molecule has 0 spiro atoms. The van der Waals surface area contributed by atoms with Gasteiger partial charge in [-0.15, -0.1) is 0 Å². The van der Waals surface area contributed by atoms with Crippen molar-refractivity contribution in [3.63, 3.8) is 0 Å². The van der Waals surface area contributed by atoms with Gasteiger partial charge in [-0.1, -0.05) is 359 Å². The van der Waals surface area contributed by atoms with Crippen LogP contribution in [0.15, 0.2) is 36.5 Å². The summed E-state index contributed by atoms with van der Waals surface area (Å²) < 4.78 is 17.0. The third-order valence-electron chi connectivity index (χ3n) is 16.8. The lowest BCUT2D eigenvalue weighted by atomic mass is 10.0. The SMILES string of the molecule is CCC/C=C\C/C=C\CCCCCCCC(=O)OCC(COC(=O)CCCCCCCCCCCCCCCCCCCCCCCCCCCCCCCC)OC(=O)CCCCCCCCCCC/C=C\CCCCCCCCCC. The molecular formula is C76H142O6. The number of rotatable bonds is 69. The van der Waals surface area contributed by atoms with E-state index < -0.39 is 6.10 Å². The van der Waals surface area contributed by atoms with E-state index in [0.29, 0.717) is 19.3 Å². The van der Waals surface area contributed by atoms with E-state index in [9.17, 15) is 14.4 Å². The summed E-state index contributed by atoms with van der Waals surface area (Å²) in [7, 11) is 0. The maximum atomic E-state index is 13.0. The number of carbonyl (C=O) groups is 3. The summed E-state index contributed by atoms with van der Waals surface area (Å²) in [6, 6.07) is 0. The fourth-order valence-electron chi connectivity index (χ4n) is 11.3. The van der Waals surface area contributed by atoms with Crippen LogP contribution < -0.4 is 0 Å². The van der Waals surface area contributed by atoms with E-state index in [-0.39, 0.29) is 31.1 Å². The van der Waals surface area contributed by atoms with Crippen LogP contribution in [0.5, 0.6) is 0 Å². The van der Waals surface area contributed by atoms with Crippen molar-refractivity contribution in [2.45, 2.75) is 419 Å². The van der Waals surface area contributed by atoms with Crippen LogP contribution in [0.1, 0.15) is 412 Å². The highest BCUT2D eigenvalue weighted by atomic mass is 16.6. The molecule has 0 N–H and O–H groups in total. The third-order valence-corrected chi connectivity index (χ3v) is 16.8. The minimum atomic E-state index is -0.778. The van der Waals surface area contributed by atoms with Crippen LogP contribution in [0.25, 0.3) is 0 Å². The zero-order chi connectivity index (χ0) is 59.2. The zero-order valence-corrected chi connectivity index (χ0v) is 55.5. The van der Waals surface area contributed by atoms with Gasteiger partial charge >= 0.3 is 17.9 Å². The number of carbonyl (C=O) groups excluding carboxylic acids is 3. The first-order chi connectivity index (χ1) is 40.5. The van der Waals surface area contributed by atoms with E-state index in [0.717, 1.165) is 83.5 Å². The van der Waals surface area contributed by atoms with E-state index in [1.807, 2.05) is 0 Å². The minimum Gasteiger partial charge on any atom is -0.462 e. The second-order valence-corrected chi connectivity index (χ2v) is 25.2. The van der Waals surface area contributed by atoms with Crippen LogP contribution in [0, 0.1) is 0 Å². The molecule has 0 amide bonds. The summed E-state index contributed by atoms with van der Waals surface area (Å²) in [5, 5.41) is 0. The highest BCUT2D eigenvalue weighted by molar-refractivity contribution is 5.71. The molecule has 0 aliphatic rings. The number of esters is 3. The summed E-state index contributed by atoms with van der Waals surface area (Å²) in [6.45, 7) is 6.64. The quantitative estimate of drug-likeness (QED) is 0.0261. The van der Waals surface area contributed by atoms with E-state index >= 15 is 0 Å². The van der Waals surface area contributed by atoms with Gasteiger partial charge in [-0.2, -0.15) is 0 Å². The zero-order valence-electron chi connectivity index (χ0n) is 55.5. The molecular weight excluding hydrogens is 1010 g/mol. The Morgan fingerprint density at radius 2 is 0.463 bits per heavy atom. The van der Waals surface area contributed by atoms with Crippen LogP contribution in [-0.4, -0.2) is 37.2 Å². The van der Waals surface area contributed by atoms with Crippen molar-refractivity contribution in [1.29, 1.82) is 0 Å². The molecule has 0 saturated heterocycles. The first-order valence-corrected chi connectivity index (χ1v) is 37.0. The Morgan fingerprint density at radius 3 is 0.732 bits per heavy atom. The first-order valence-electron chi connectivity index (χ1n) is 37.0. The predicted octanol–water partition coefficient (Wildman–Crippen LogP) is 25.5. The molecule has 0 bridgehead atoms. The second kappa shape index (κ2) is 71.1. The molecule has 482 valence electrons. The minimum absolute atomic E-state index is 0.0729. The number of unbranched alkanes of at least 4 members (excludes halogenated alkanes) is 52. The molecule has 0 aromatic rings. The average molecular weight is 1150 g/mol. The molecule has 0 fully saturated rings. The normalized spacial score (nSPS) is 12.2. The van der Waals surface area contributed by atoms with Crippen LogP contribution in [0.2, 0.25) is 0 Å². The summed E-state index contributed by atoms with van der Waals surface area (Å²) >= 11 is 0. The van der Waals surface area contributed by atoms with E-state index in [2.05, 4.69) is 57.2 Å². The molecule has 0 aromatic heterocycles. The summed E-state index contributed by atoms with van der Waals surface area (Å²) in [5.74, 6) is -0.861. The number of hydrogen-bond donors (Lipinski definition) is 0. The Bertz CT molecular complexity index is 1370. The highest BCUT2D eigenvalue weighted by Gasteiger charge is 2.19. The molecule has 82 heavy (non-hydrogen) atoms. The fourth-order valence-corrected chi connectivity index (χ4v) is 11.3. The van der Waals surface area contributed by atoms with Crippen molar-refractivity contribution in [3.8, 4) is 0 Å². The van der Waals surface area contributed by atoms with Gasteiger partial charge in [-0.05, 0) is 70.6 Å². The number of ether oxygens (including phenoxy) is 3. The molecule has 0 heterocycles. The molecule has 0 radical (unpaired) electrons. The van der Waals surface area contributed by atoms with Crippen molar-refractivity contribution in [2.24, 2.45) is 0 Å². The summed E-state index contributed by atoms with van der Waals surface area (Å²) in [6.07, 6.45) is 89.1. The van der Waals surface area contributed by atoms with Crippen LogP contribution in [-0.2, 0) is 28.6 Å². The average Bonchev–Trinajstić information content (AvgIpc) is 3.47. The summed E-state index contributed by atoms with van der Waals surface area (Å²) in [5.41, 5.74) is 0. The van der Waals surface area contributed by atoms with Crippen LogP contribution >= 0.6 is 0 Å². The molecule has 0 aromatic carbocycles. The molecule has 6 nitrogen and oxygen atoms in total. The Balaban J connectivity index is 4.16. The molecule has 6 heteroatoms. The van der Waals surface area contributed by atoms with Crippen molar-refractivity contribution in [2.75, 3.05) is 13.2 Å². The molecule has 0 aliphatic heterocycles. The Hall–Kier alpha value is -2.37. The summed E-state index contributed by atoms with van der Waals surface area (Å²) in [4.78, 5) is 38.4. The van der Waals surface area contributed by atoms with Crippen molar-refractivity contribution >= 4 is 17.9 Å². The van der Waals surface area contributed by atoms with Gasteiger partial charge in [-0.25, -0.2) is 0 Å². The molecule has 0 aliphatic carbocycles. The standard InChI is InChI=1S/C76H142O6/c1-4-7-10-13-16-19-22-25-27-29-31-33-34-35-36-37-38-39-40-41-43-44-46-48-51-54-57-60-63-66-69-75(78)81-72-73(71-80-74(77)68-65-62-59-56-53-50-24-21-18-15-12-9-6-3)82-76(79)70-67-64-61-58-55-52-49-47-45-42-32-30-28-26-23-20-17-14-11-8-5-2/h12,15,21,24,30,32,73H,4-11,13-14,16-20,22-23,25-29,31,33-72H2,1-3H3/b15-12-,24-21-,32-30-. The van der Waals surface area contributed by atoms with Gasteiger partial charge < -0.3 is 14.2 Å². The van der Waals surface area contributed by atoms with Crippen molar-refractivity contribution in [1.82, 2.24) is 0 Å². The van der Waals surface area contributed by atoms with Gasteiger partial charge in [0.15, 0.2) is 6.10 Å². The largest absolute Gasteiger partial charge is 0.462 e. The third kappa shape index (κ3) is 68.4. The maximum absolute atomic E-state index is 13.0. The van der Waals surface area contributed by atoms with Crippen LogP contribution in [0.4, 0.5) is 0 Å². The van der Waals surface area contributed by atoms with Crippen molar-refractivity contribution in [3.05, 3.63) is 36.5 Å². The van der Waals surface area contributed by atoms with Crippen molar-refractivity contribution < 1.29 is 28.6 Å². The van der Waals surface area contributed by atoms with Gasteiger partial charge in [0.05, 0.1) is 0 Å². The first kappa shape index (κ1) is 79.6. The number of allylic oxidation sites excluding steroid dienone is 6. The lowest BCUT2D eigenvalue weighted by Crippen LogP contribution is -2.30. The Morgan fingerprint density at radius 1 is 0.244 bits per heavy atom. The van der Waals surface area contributed by atoms with Gasteiger partial charge in [-0.3, -0.25) is 14.4 Å². The van der Waals surface area contributed by atoms with E-state index in [4.69, 9.17) is 14.2 Å². The second-order valence-electron chi connectivity index (χ2n) is 25.2. The molecule has 1 atom stereocenters. The highest BCUT2D eigenvalue weighted by Crippen LogP contribution is 2.19. The van der Waals surface area contributed by atoms with Gasteiger partial charge in [0.25, 0.3) is 0 Å². The molecule has 1 unspecified atom stereocenters. The molecule has 0 saturated carbocycles. The predicted molar refractivity (Wildman–Crippen MR) is 358 cm³/mol. The monoisotopic (exact) mass is 1150 g/mol. The maximum Gasteiger partial charge on any atom is 0.306 e. The van der Waals surface area contributed by atoms with E-state index in [1.165, 1.54) is 289 Å². The van der Waals surface area contributed by atoms with E-state index in [1.54, 1.807) is 0 Å².